The van der Waals surface area contributed by atoms with Gasteiger partial charge in [0, 0.05) is 30.5 Å². The van der Waals surface area contributed by atoms with Crippen molar-refractivity contribution in [3.05, 3.63) is 29.1 Å². The smallest absolute Gasteiger partial charge is 0.253 e. The lowest BCUT2D eigenvalue weighted by Gasteiger charge is -2.18. The van der Waals surface area contributed by atoms with Crippen LogP contribution < -0.4 is 0 Å². The van der Waals surface area contributed by atoms with Gasteiger partial charge in [0.2, 0.25) is 0 Å². The first-order valence-electron chi connectivity index (χ1n) is 7.77. The van der Waals surface area contributed by atoms with E-state index < -0.39 is 0 Å². The number of nitrogens with zero attached hydrogens (tertiary/aromatic N) is 2. The molecule has 0 aliphatic heterocycles. The van der Waals surface area contributed by atoms with Crippen LogP contribution in [0.2, 0.25) is 0 Å². The first-order valence-corrected chi connectivity index (χ1v) is 7.77. The molecule has 0 N–H and O–H groups in total. The molecule has 3 nitrogen and oxygen atoms in total. The Morgan fingerprint density at radius 3 is 2.45 bits per heavy atom. The van der Waals surface area contributed by atoms with Crippen molar-refractivity contribution in [3.8, 4) is 0 Å². The summed E-state index contributed by atoms with van der Waals surface area (Å²) in [5, 5.41) is 0. The zero-order chi connectivity index (χ0) is 14.5. The largest absolute Gasteiger partial charge is 0.342 e. The van der Waals surface area contributed by atoms with E-state index in [4.69, 9.17) is 0 Å². The Morgan fingerprint density at radius 1 is 1.25 bits per heavy atom. The number of hydrogen-bond acceptors (Lipinski definition) is 2. The number of amides is 1. The van der Waals surface area contributed by atoms with Crippen molar-refractivity contribution in [1.82, 2.24) is 9.88 Å². The highest BCUT2D eigenvalue weighted by Crippen LogP contribution is 2.28. The number of carbonyl (C=O) groups excluding carboxylic acids is 1. The zero-order valence-corrected chi connectivity index (χ0v) is 13.0. The van der Waals surface area contributed by atoms with Gasteiger partial charge >= 0.3 is 0 Å². The maximum absolute atomic E-state index is 12.4. The lowest BCUT2D eigenvalue weighted by molar-refractivity contribution is 0.0790. The lowest BCUT2D eigenvalue weighted by atomic mass is 10.0. The Balaban J connectivity index is 1.84. The molecule has 20 heavy (non-hydrogen) atoms. The first-order chi connectivity index (χ1) is 9.56. The topological polar surface area (TPSA) is 33.2 Å². The quantitative estimate of drug-likeness (QED) is 0.819. The van der Waals surface area contributed by atoms with E-state index in [-0.39, 0.29) is 5.91 Å². The van der Waals surface area contributed by atoms with Crippen LogP contribution in [0.15, 0.2) is 12.1 Å². The van der Waals surface area contributed by atoms with Crippen LogP contribution in [0.1, 0.15) is 60.3 Å². The molecule has 1 aromatic heterocycles. The molecule has 0 unspecified atom stereocenters. The van der Waals surface area contributed by atoms with Crippen molar-refractivity contribution >= 4 is 5.91 Å². The summed E-state index contributed by atoms with van der Waals surface area (Å²) >= 11 is 0. The third kappa shape index (κ3) is 4.06. The van der Waals surface area contributed by atoms with Crippen LogP contribution in [-0.4, -0.2) is 29.4 Å². The number of pyridine rings is 1. The molecule has 0 saturated heterocycles. The molecule has 2 rings (SSSR count). The van der Waals surface area contributed by atoms with Crippen molar-refractivity contribution < 1.29 is 4.79 Å². The normalized spacial score (nSPS) is 15.6. The Labute approximate surface area is 122 Å². The first kappa shape index (κ1) is 15.0. The molecule has 0 aromatic carbocycles. The Morgan fingerprint density at radius 2 is 1.85 bits per heavy atom. The summed E-state index contributed by atoms with van der Waals surface area (Å²) in [5.74, 6) is 1.02. The number of aryl methyl sites for hydroxylation is 2. The van der Waals surface area contributed by atoms with Gasteiger partial charge in [0.1, 0.15) is 0 Å². The Bertz CT molecular complexity index is 444. The van der Waals surface area contributed by atoms with Crippen molar-refractivity contribution in [3.63, 3.8) is 0 Å². The molecule has 0 radical (unpaired) electrons. The third-order valence-electron chi connectivity index (χ3n) is 4.26. The number of aromatic nitrogens is 1. The van der Waals surface area contributed by atoms with Crippen LogP contribution in [0, 0.1) is 19.8 Å². The fourth-order valence-electron chi connectivity index (χ4n) is 3.20. The molecule has 1 heterocycles. The summed E-state index contributed by atoms with van der Waals surface area (Å²) in [6.45, 7) is 4.73. The fourth-order valence-corrected chi connectivity index (χ4v) is 3.20. The highest BCUT2D eigenvalue weighted by Gasteiger charge is 2.16. The number of hydrogen-bond donors (Lipinski definition) is 0. The summed E-state index contributed by atoms with van der Waals surface area (Å²) in [4.78, 5) is 18.5. The molecule has 110 valence electrons. The average Bonchev–Trinajstić information content (AvgIpc) is 2.89. The minimum Gasteiger partial charge on any atom is -0.342 e. The van der Waals surface area contributed by atoms with Crippen molar-refractivity contribution in [1.29, 1.82) is 0 Å². The summed E-state index contributed by atoms with van der Waals surface area (Å²) in [5.41, 5.74) is 2.58. The summed E-state index contributed by atoms with van der Waals surface area (Å²) in [6, 6.07) is 3.76. The molecule has 0 bridgehead atoms. The average molecular weight is 274 g/mol. The van der Waals surface area contributed by atoms with E-state index in [1.54, 1.807) is 0 Å². The summed E-state index contributed by atoms with van der Waals surface area (Å²) in [6.07, 6.45) is 7.97. The van der Waals surface area contributed by atoms with E-state index in [1.165, 1.54) is 32.1 Å². The Hall–Kier alpha value is -1.38. The van der Waals surface area contributed by atoms with Crippen LogP contribution in [0.25, 0.3) is 0 Å². The highest BCUT2D eigenvalue weighted by molar-refractivity contribution is 5.94. The zero-order valence-electron chi connectivity index (χ0n) is 13.0. The van der Waals surface area contributed by atoms with Gasteiger partial charge in [-0.05, 0) is 44.7 Å². The Kier molecular flexibility index (Phi) is 5.16. The standard InChI is InChI=1S/C17H26N2O/c1-13-11-16(12-14(2)18-13)17(20)19(3)10-6-9-15-7-4-5-8-15/h11-12,15H,4-10H2,1-3H3. The number of carbonyl (C=O) groups is 1. The third-order valence-corrected chi connectivity index (χ3v) is 4.26. The molecule has 0 atom stereocenters. The van der Waals surface area contributed by atoms with Gasteiger partial charge in [-0.15, -0.1) is 0 Å². The minimum atomic E-state index is 0.116. The molecular formula is C17H26N2O. The predicted octanol–water partition coefficient (Wildman–Crippen LogP) is 3.74. The molecular weight excluding hydrogens is 248 g/mol. The van der Waals surface area contributed by atoms with E-state index in [0.29, 0.717) is 0 Å². The van der Waals surface area contributed by atoms with Crippen LogP contribution in [0.4, 0.5) is 0 Å². The van der Waals surface area contributed by atoms with Gasteiger partial charge in [-0.3, -0.25) is 9.78 Å². The van der Waals surface area contributed by atoms with Crippen LogP contribution >= 0.6 is 0 Å². The van der Waals surface area contributed by atoms with Gasteiger partial charge in [0.05, 0.1) is 0 Å². The minimum absolute atomic E-state index is 0.116. The van der Waals surface area contributed by atoms with Gasteiger partial charge in [-0.2, -0.15) is 0 Å². The van der Waals surface area contributed by atoms with Crippen LogP contribution in [-0.2, 0) is 0 Å². The van der Waals surface area contributed by atoms with E-state index in [9.17, 15) is 4.79 Å². The van der Waals surface area contributed by atoms with Gasteiger partial charge in [-0.1, -0.05) is 25.7 Å². The molecule has 1 aromatic rings. The van der Waals surface area contributed by atoms with Crippen molar-refractivity contribution in [2.75, 3.05) is 13.6 Å². The van der Waals surface area contributed by atoms with Gasteiger partial charge in [-0.25, -0.2) is 0 Å². The van der Waals surface area contributed by atoms with Gasteiger partial charge in [0.15, 0.2) is 0 Å². The van der Waals surface area contributed by atoms with Gasteiger partial charge < -0.3 is 4.90 Å². The number of rotatable bonds is 5. The second-order valence-corrected chi connectivity index (χ2v) is 6.16. The lowest BCUT2D eigenvalue weighted by Crippen LogP contribution is -2.28. The summed E-state index contributed by atoms with van der Waals surface area (Å²) < 4.78 is 0. The van der Waals surface area contributed by atoms with Crippen molar-refractivity contribution in [2.24, 2.45) is 5.92 Å². The maximum Gasteiger partial charge on any atom is 0.253 e. The van der Waals surface area contributed by atoms with E-state index in [0.717, 1.165) is 35.8 Å². The van der Waals surface area contributed by atoms with E-state index >= 15 is 0 Å². The monoisotopic (exact) mass is 274 g/mol. The predicted molar refractivity (Wildman–Crippen MR) is 81.9 cm³/mol. The molecule has 3 heteroatoms. The molecule has 1 amide bonds. The SMILES string of the molecule is Cc1cc(C(=O)N(C)CCCC2CCCC2)cc(C)n1. The van der Waals surface area contributed by atoms with Gasteiger partial charge in [0.25, 0.3) is 5.91 Å². The second-order valence-electron chi connectivity index (χ2n) is 6.16. The molecule has 0 spiro atoms. The molecule has 1 saturated carbocycles. The van der Waals surface area contributed by atoms with Crippen molar-refractivity contribution in [2.45, 2.75) is 52.4 Å². The second kappa shape index (κ2) is 6.87. The summed E-state index contributed by atoms with van der Waals surface area (Å²) in [7, 11) is 1.90. The maximum atomic E-state index is 12.4. The fraction of sp³-hybridized carbons (Fsp3) is 0.647. The molecule has 1 aliphatic rings. The molecule has 1 aliphatic carbocycles. The highest BCUT2D eigenvalue weighted by atomic mass is 16.2. The van der Waals surface area contributed by atoms with Crippen LogP contribution in [0.3, 0.4) is 0 Å². The van der Waals surface area contributed by atoms with E-state index in [1.807, 2.05) is 37.9 Å². The van der Waals surface area contributed by atoms with E-state index in [2.05, 4.69) is 4.98 Å². The van der Waals surface area contributed by atoms with Crippen LogP contribution in [0.5, 0.6) is 0 Å². The molecule has 1 fully saturated rings.